The fourth-order valence-corrected chi connectivity index (χ4v) is 2.55. The molecular weight excluding hydrogens is 502 g/mol. The molecule has 0 aromatic heterocycles. The van der Waals surface area contributed by atoms with E-state index in [4.69, 9.17) is 34.2 Å². The van der Waals surface area contributed by atoms with Crippen LogP contribution < -0.4 is 15.2 Å². The van der Waals surface area contributed by atoms with Crippen LogP contribution in [0.4, 0.5) is 14.4 Å². The van der Waals surface area contributed by atoms with E-state index in [1.807, 2.05) is 27.7 Å². The zero-order valence-corrected chi connectivity index (χ0v) is 23.2. The fraction of sp³-hybridized carbons (Fsp3) is 0.615. The highest BCUT2D eigenvalue weighted by Gasteiger charge is 2.23. The van der Waals surface area contributed by atoms with Crippen molar-refractivity contribution in [2.45, 2.75) is 79.2 Å². The Labute approximate surface area is 223 Å². The number of carbonyl (C=O) groups is 4. The molecule has 12 heteroatoms. The Hall–Kier alpha value is -3.54. The van der Waals surface area contributed by atoms with Crippen molar-refractivity contribution < 1.29 is 52.3 Å². The molecule has 0 fully saturated rings. The van der Waals surface area contributed by atoms with Crippen molar-refractivity contribution in [3.8, 4) is 11.5 Å². The summed E-state index contributed by atoms with van der Waals surface area (Å²) in [6, 6.07) is 3.23. The summed E-state index contributed by atoms with van der Waals surface area (Å²) < 4.78 is 35.3. The van der Waals surface area contributed by atoms with Crippen LogP contribution in [0.15, 0.2) is 18.2 Å². The highest BCUT2D eigenvalue weighted by Crippen LogP contribution is 2.30. The molecule has 0 aliphatic carbocycles. The Bertz CT molecular complexity index is 947. The van der Waals surface area contributed by atoms with Gasteiger partial charge < -0.3 is 38.9 Å². The lowest BCUT2D eigenvalue weighted by Crippen LogP contribution is -2.37. The minimum atomic E-state index is -1.10. The van der Waals surface area contributed by atoms with E-state index in [2.05, 4.69) is 4.74 Å². The zero-order valence-electron chi connectivity index (χ0n) is 23.2. The number of rotatable bonds is 12. The molecule has 1 aromatic rings. The van der Waals surface area contributed by atoms with Crippen LogP contribution in [0.5, 0.6) is 11.5 Å². The Balaban J connectivity index is 3.00. The van der Waals surface area contributed by atoms with Gasteiger partial charge in [-0.1, -0.05) is 33.8 Å². The maximum absolute atomic E-state index is 12.4. The van der Waals surface area contributed by atoms with Gasteiger partial charge in [-0.3, -0.25) is 4.79 Å². The standard InChI is InChI=1S/C26H39NO11/c1-14(2)17(6)35-25(30)37-21-10-9-19(12-22(21)38-26(31)36-18(7)15(3)4)11-20(27)23(28)34-16(5)13-33-24(29)32-8/h9-10,12,14-18,20H,11,13,27H2,1-8H3/t16-,17?,18?,20-/m0/s1. The van der Waals surface area contributed by atoms with Gasteiger partial charge in [-0.25, -0.2) is 14.4 Å². The molecule has 214 valence electrons. The van der Waals surface area contributed by atoms with Crippen molar-refractivity contribution in [3.63, 3.8) is 0 Å². The summed E-state index contributed by atoms with van der Waals surface area (Å²) >= 11 is 0. The number of nitrogens with two attached hydrogens (primary N) is 1. The summed E-state index contributed by atoms with van der Waals surface area (Å²) in [5, 5.41) is 0. The fourth-order valence-electron chi connectivity index (χ4n) is 2.55. The van der Waals surface area contributed by atoms with Gasteiger partial charge >= 0.3 is 24.4 Å². The second-order valence-corrected chi connectivity index (χ2v) is 9.44. The van der Waals surface area contributed by atoms with Crippen LogP contribution in [0.2, 0.25) is 0 Å². The molecule has 0 radical (unpaired) electrons. The van der Waals surface area contributed by atoms with E-state index < -0.39 is 48.8 Å². The van der Waals surface area contributed by atoms with E-state index >= 15 is 0 Å². The number of hydrogen-bond acceptors (Lipinski definition) is 12. The van der Waals surface area contributed by atoms with Crippen LogP contribution in [0.1, 0.15) is 54.0 Å². The molecule has 0 saturated carbocycles. The van der Waals surface area contributed by atoms with Gasteiger partial charge in [0.25, 0.3) is 0 Å². The normalized spacial score (nSPS) is 14.1. The molecule has 2 N–H and O–H groups in total. The lowest BCUT2D eigenvalue weighted by atomic mass is 10.1. The Morgan fingerprint density at radius 3 is 1.79 bits per heavy atom. The average molecular weight is 542 g/mol. The molecule has 0 aliphatic rings. The van der Waals surface area contributed by atoms with Crippen LogP contribution >= 0.6 is 0 Å². The number of hydrogen-bond donors (Lipinski definition) is 1. The molecule has 12 nitrogen and oxygen atoms in total. The summed E-state index contributed by atoms with van der Waals surface area (Å²) in [7, 11) is 1.16. The van der Waals surface area contributed by atoms with Crippen molar-refractivity contribution in [1.29, 1.82) is 0 Å². The van der Waals surface area contributed by atoms with Crippen molar-refractivity contribution in [2.75, 3.05) is 13.7 Å². The molecule has 0 spiro atoms. The molecule has 0 heterocycles. The van der Waals surface area contributed by atoms with Gasteiger partial charge in [-0.15, -0.1) is 0 Å². The molecule has 38 heavy (non-hydrogen) atoms. The third-order valence-corrected chi connectivity index (χ3v) is 5.51. The molecule has 0 saturated heterocycles. The molecule has 0 amide bonds. The van der Waals surface area contributed by atoms with Crippen LogP contribution in [-0.2, 0) is 34.9 Å². The van der Waals surface area contributed by atoms with Gasteiger partial charge in [-0.05, 0) is 56.7 Å². The lowest BCUT2D eigenvalue weighted by Gasteiger charge is -2.19. The maximum atomic E-state index is 12.4. The van der Waals surface area contributed by atoms with Crippen LogP contribution in [0, 0.1) is 11.8 Å². The van der Waals surface area contributed by atoms with Gasteiger partial charge in [0.1, 0.15) is 31.0 Å². The van der Waals surface area contributed by atoms with Crippen molar-refractivity contribution in [2.24, 2.45) is 17.6 Å². The van der Waals surface area contributed by atoms with E-state index in [0.717, 1.165) is 7.11 Å². The molecule has 0 bridgehead atoms. The van der Waals surface area contributed by atoms with Gasteiger partial charge in [0.15, 0.2) is 11.5 Å². The van der Waals surface area contributed by atoms with Crippen LogP contribution in [-0.4, -0.2) is 62.5 Å². The van der Waals surface area contributed by atoms with Crippen molar-refractivity contribution in [3.05, 3.63) is 23.8 Å². The largest absolute Gasteiger partial charge is 0.514 e. The van der Waals surface area contributed by atoms with Crippen LogP contribution in [0.25, 0.3) is 0 Å². The summed E-state index contributed by atoms with van der Waals surface area (Å²) in [4.78, 5) is 48.1. The Morgan fingerprint density at radius 1 is 0.763 bits per heavy atom. The molecule has 4 atom stereocenters. The third kappa shape index (κ3) is 11.7. The quantitative estimate of drug-likeness (QED) is 0.226. The predicted octanol–water partition coefficient (Wildman–Crippen LogP) is 4.39. The molecule has 2 unspecified atom stereocenters. The minimum Gasteiger partial charge on any atom is -0.458 e. The van der Waals surface area contributed by atoms with Gasteiger partial charge in [0, 0.05) is 0 Å². The summed E-state index contributed by atoms with van der Waals surface area (Å²) in [6.45, 7) is 12.3. The number of esters is 1. The minimum absolute atomic E-state index is 0.00761. The molecule has 0 aliphatic heterocycles. The van der Waals surface area contributed by atoms with Crippen LogP contribution in [0.3, 0.4) is 0 Å². The number of methoxy groups -OCH3 is 1. The van der Waals surface area contributed by atoms with E-state index in [1.54, 1.807) is 19.9 Å². The first kappa shape index (κ1) is 32.5. The van der Waals surface area contributed by atoms with Gasteiger partial charge in [-0.2, -0.15) is 0 Å². The first-order valence-electron chi connectivity index (χ1n) is 12.3. The molecule has 1 aromatic carbocycles. The first-order valence-corrected chi connectivity index (χ1v) is 12.3. The smallest absolute Gasteiger partial charge is 0.458 e. The van der Waals surface area contributed by atoms with E-state index in [0.29, 0.717) is 5.56 Å². The highest BCUT2D eigenvalue weighted by molar-refractivity contribution is 5.76. The topological polar surface area (TPSA) is 159 Å². The average Bonchev–Trinajstić information content (AvgIpc) is 2.83. The Morgan fingerprint density at radius 2 is 1.29 bits per heavy atom. The first-order chi connectivity index (χ1) is 17.7. The van der Waals surface area contributed by atoms with E-state index in [9.17, 15) is 19.2 Å². The predicted molar refractivity (Wildman–Crippen MR) is 135 cm³/mol. The molecule has 1 rings (SSSR count). The monoisotopic (exact) mass is 541 g/mol. The summed E-state index contributed by atoms with van der Waals surface area (Å²) in [5.74, 6) is -0.859. The third-order valence-electron chi connectivity index (χ3n) is 5.51. The van der Waals surface area contributed by atoms with E-state index in [1.165, 1.54) is 19.1 Å². The SMILES string of the molecule is COC(=O)OC[C@H](C)OC(=O)[C@@H](N)Cc1ccc(OC(=O)OC(C)C(C)C)c(OC(=O)OC(C)C(C)C)c1. The highest BCUT2D eigenvalue weighted by atomic mass is 16.8. The number of ether oxygens (including phenoxy) is 7. The Kier molecular flexibility index (Phi) is 13.4. The molecular formula is C26H39NO11. The van der Waals surface area contributed by atoms with Crippen molar-refractivity contribution in [1.82, 2.24) is 0 Å². The van der Waals surface area contributed by atoms with Gasteiger partial charge in [0.05, 0.1) is 7.11 Å². The van der Waals surface area contributed by atoms with E-state index in [-0.39, 0.29) is 36.4 Å². The van der Waals surface area contributed by atoms with Crippen molar-refractivity contribution >= 4 is 24.4 Å². The summed E-state index contributed by atoms with van der Waals surface area (Å²) in [6.07, 6.45) is -4.49. The zero-order chi connectivity index (χ0) is 29.0. The second kappa shape index (κ2) is 15.7. The maximum Gasteiger partial charge on any atom is 0.514 e. The number of carbonyl (C=O) groups excluding carboxylic acids is 4. The number of benzene rings is 1. The lowest BCUT2D eigenvalue weighted by molar-refractivity contribution is -0.152. The van der Waals surface area contributed by atoms with Gasteiger partial charge in [0.2, 0.25) is 0 Å². The summed E-state index contributed by atoms with van der Waals surface area (Å²) in [5.41, 5.74) is 6.46. The second-order valence-electron chi connectivity index (χ2n) is 9.44.